The first-order chi connectivity index (χ1) is 10.2. The molecule has 0 aliphatic rings. The highest BCUT2D eigenvalue weighted by atomic mass is 32.1. The van der Waals surface area contributed by atoms with Crippen LogP contribution < -0.4 is 4.74 Å². The number of nitriles is 1. The van der Waals surface area contributed by atoms with Gasteiger partial charge in [0, 0.05) is 12.0 Å². The zero-order chi connectivity index (χ0) is 15.2. The van der Waals surface area contributed by atoms with E-state index in [1.807, 2.05) is 19.2 Å². The molecule has 0 radical (unpaired) electrons. The van der Waals surface area contributed by atoms with E-state index in [1.54, 1.807) is 12.1 Å². The highest BCUT2D eigenvalue weighted by Gasteiger charge is 2.12. The van der Waals surface area contributed by atoms with Gasteiger partial charge in [-0.3, -0.25) is 0 Å². The Kier molecular flexibility index (Phi) is 5.26. The van der Waals surface area contributed by atoms with Crippen molar-refractivity contribution >= 4 is 11.3 Å². The molecule has 21 heavy (non-hydrogen) atoms. The standard InChI is InChI=1S/C15H15FN2O2S/c1-3-19-10(2)15-18-11(9-21-15)8-20-14-6-4-5-13(16)12(14)7-17/h4-6,9-10H,3,8H2,1-2H3/t10-/m1/s1. The Morgan fingerprint density at radius 2 is 2.29 bits per heavy atom. The Balaban J connectivity index is 2.04. The summed E-state index contributed by atoms with van der Waals surface area (Å²) in [5.74, 6) is -0.358. The first kappa shape index (κ1) is 15.4. The van der Waals surface area contributed by atoms with E-state index in [1.165, 1.54) is 23.5 Å². The Bertz CT molecular complexity index is 651. The van der Waals surface area contributed by atoms with Gasteiger partial charge in [-0.05, 0) is 26.0 Å². The third kappa shape index (κ3) is 3.78. The first-order valence-corrected chi connectivity index (χ1v) is 7.41. The number of aromatic nitrogens is 1. The number of rotatable bonds is 6. The zero-order valence-electron chi connectivity index (χ0n) is 11.8. The van der Waals surface area contributed by atoms with Gasteiger partial charge >= 0.3 is 0 Å². The normalized spacial score (nSPS) is 11.9. The zero-order valence-corrected chi connectivity index (χ0v) is 12.6. The molecule has 1 aromatic heterocycles. The molecule has 0 spiro atoms. The second-order valence-electron chi connectivity index (χ2n) is 4.29. The molecule has 110 valence electrons. The second kappa shape index (κ2) is 7.16. The fourth-order valence-electron chi connectivity index (χ4n) is 1.78. The van der Waals surface area contributed by atoms with Crippen LogP contribution in [-0.4, -0.2) is 11.6 Å². The van der Waals surface area contributed by atoms with E-state index in [4.69, 9.17) is 14.7 Å². The van der Waals surface area contributed by atoms with E-state index < -0.39 is 5.82 Å². The molecule has 0 saturated heterocycles. The molecule has 2 rings (SSSR count). The lowest BCUT2D eigenvalue weighted by molar-refractivity contribution is 0.0760. The number of thiazole rings is 1. The minimum absolute atomic E-state index is 0.0578. The van der Waals surface area contributed by atoms with Crippen LogP contribution in [0.3, 0.4) is 0 Å². The highest BCUT2D eigenvalue weighted by molar-refractivity contribution is 7.09. The van der Waals surface area contributed by atoms with Gasteiger partial charge in [-0.1, -0.05) is 6.07 Å². The van der Waals surface area contributed by atoms with Crippen LogP contribution in [0.1, 0.15) is 36.2 Å². The Morgan fingerprint density at radius 3 is 3.00 bits per heavy atom. The summed E-state index contributed by atoms with van der Waals surface area (Å²) in [6.45, 7) is 4.68. The van der Waals surface area contributed by atoms with Gasteiger partial charge in [0.25, 0.3) is 0 Å². The van der Waals surface area contributed by atoms with Crippen LogP contribution >= 0.6 is 11.3 Å². The van der Waals surface area contributed by atoms with Crippen molar-refractivity contribution in [1.29, 1.82) is 5.26 Å². The summed E-state index contributed by atoms with van der Waals surface area (Å²) in [4.78, 5) is 4.41. The summed E-state index contributed by atoms with van der Waals surface area (Å²) >= 11 is 1.49. The summed E-state index contributed by atoms with van der Waals surface area (Å²) in [5, 5.41) is 11.7. The van der Waals surface area contributed by atoms with E-state index in [9.17, 15) is 4.39 Å². The SMILES string of the molecule is CCO[C@H](C)c1nc(COc2cccc(F)c2C#N)cs1. The minimum Gasteiger partial charge on any atom is -0.486 e. The van der Waals surface area contributed by atoms with Crippen LogP contribution in [0.15, 0.2) is 23.6 Å². The molecule has 0 unspecified atom stereocenters. The molecule has 2 aromatic rings. The lowest BCUT2D eigenvalue weighted by Crippen LogP contribution is -2.01. The van der Waals surface area contributed by atoms with Crippen molar-refractivity contribution in [2.45, 2.75) is 26.6 Å². The molecule has 0 amide bonds. The number of halogens is 1. The second-order valence-corrected chi connectivity index (χ2v) is 5.18. The van der Waals surface area contributed by atoms with Crippen LogP contribution in [0.2, 0.25) is 0 Å². The third-order valence-corrected chi connectivity index (χ3v) is 3.85. The molecule has 0 bridgehead atoms. The van der Waals surface area contributed by atoms with E-state index in [2.05, 4.69) is 4.98 Å². The number of hydrogen-bond donors (Lipinski definition) is 0. The van der Waals surface area contributed by atoms with Gasteiger partial charge in [0.15, 0.2) is 0 Å². The van der Waals surface area contributed by atoms with Crippen molar-refractivity contribution in [3.63, 3.8) is 0 Å². The van der Waals surface area contributed by atoms with Crippen molar-refractivity contribution in [3.05, 3.63) is 45.7 Å². The monoisotopic (exact) mass is 306 g/mol. The average Bonchev–Trinajstić information content (AvgIpc) is 2.94. The summed E-state index contributed by atoms with van der Waals surface area (Å²) < 4.78 is 24.4. The number of hydrogen-bond acceptors (Lipinski definition) is 5. The van der Waals surface area contributed by atoms with Crippen molar-refractivity contribution in [1.82, 2.24) is 4.98 Å². The number of nitrogens with zero attached hydrogens (tertiary/aromatic N) is 2. The Labute approximate surface area is 126 Å². The lowest BCUT2D eigenvalue weighted by Gasteiger charge is -2.08. The van der Waals surface area contributed by atoms with Gasteiger partial charge < -0.3 is 9.47 Å². The average molecular weight is 306 g/mol. The third-order valence-electron chi connectivity index (χ3n) is 2.80. The van der Waals surface area contributed by atoms with Gasteiger partial charge in [0.1, 0.15) is 40.9 Å². The van der Waals surface area contributed by atoms with Crippen molar-refractivity contribution in [2.24, 2.45) is 0 Å². The van der Waals surface area contributed by atoms with Crippen molar-refractivity contribution in [2.75, 3.05) is 6.61 Å². The minimum atomic E-state index is -0.584. The molecular formula is C15H15FN2O2S. The predicted molar refractivity (Wildman–Crippen MR) is 77.6 cm³/mol. The Morgan fingerprint density at radius 1 is 1.48 bits per heavy atom. The smallest absolute Gasteiger partial charge is 0.144 e. The highest BCUT2D eigenvalue weighted by Crippen LogP contribution is 2.24. The lowest BCUT2D eigenvalue weighted by atomic mass is 10.2. The summed E-state index contributed by atoms with van der Waals surface area (Å²) in [7, 11) is 0. The number of ether oxygens (including phenoxy) is 2. The summed E-state index contributed by atoms with van der Waals surface area (Å²) in [6.07, 6.45) is -0.0578. The topological polar surface area (TPSA) is 55.1 Å². The summed E-state index contributed by atoms with van der Waals surface area (Å²) in [5.41, 5.74) is 0.644. The molecular weight excluding hydrogens is 291 g/mol. The van der Waals surface area contributed by atoms with Crippen LogP contribution in [0.5, 0.6) is 5.75 Å². The molecule has 1 aromatic carbocycles. The largest absolute Gasteiger partial charge is 0.486 e. The van der Waals surface area contributed by atoms with E-state index in [0.29, 0.717) is 6.61 Å². The number of benzene rings is 1. The quantitative estimate of drug-likeness (QED) is 0.814. The molecule has 6 heteroatoms. The van der Waals surface area contributed by atoms with Crippen molar-refractivity contribution in [3.8, 4) is 11.8 Å². The molecule has 1 atom stereocenters. The van der Waals surface area contributed by atoms with Gasteiger partial charge in [-0.2, -0.15) is 5.26 Å². The Hall–Kier alpha value is -1.97. The molecule has 0 aliphatic carbocycles. The predicted octanol–water partition coefficient (Wildman–Crippen LogP) is 3.83. The fraction of sp³-hybridized carbons (Fsp3) is 0.333. The van der Waals surface area contributed by atoms with Gasteiger partial charge in [-0.15, -0.1) is 11.3 Å². The summed E-state index contributed by atoms with van der Waals surface area (Å²) in [6, 6.07) is 6.11. The van der Waals surface area contributed by atoms with Gasteiger partial charge in [-0.25, -0.2) is 9.37 Å². The first-order valence-electron chi connectivity index (χ1n) is 6.53. The van der Waals surface area contributed by atoms with Gasteiger partial charge in [0.2, 0.25) is 0 Å². The maximum absolute atomic E-state index is 13.4. The van der Waals surface area contributed by atoms with Crippen LogP contribution in [-0.2, 0) is 11.3 Å². The van der Waals surface area contributed by atoms with E-state index in [0.717, 1.165) is 10.7 Å². The van der Waals surface area contributed by atoms with E-state index in [-0.39, 0.29) is 24.0 Å². The molecule has 4 nitrogen and oxygen atoms in total. The molecule has 0 fully saturated rings. The van der Waals surface area contributed by atoms with Crippen LogP contribution in [0.25, 0.3) is 0 Å². The maximum Gasteiger partial charge on any atom is 0.144 e. The van der Waals surface area contributed by atoms with Crippen LogP contribution in [0.4, 0.5) is 4.39 Å². The van der Waals surface area contributed by atoms with Gasteiger partial charge in [0.05, 0.1) is 5.69 Å². The molecule has 0 saturated carbocycles. The molecule has 0 aliphatic heterocycles. The molecule has 1 heterocycles. The van der Waals surface area contributed by atoms with E-state index >= 15 is 0 Å². The molecule has 0 N–H and O–H groups in total. The maximum atomic E-state index is 13.4. The fourth-order valence-corrected chi connectivity index (χ4v) is 2.59. The van der Waals surface area contributed by atoms with Crippen LogP contribution in [0, 0.1) is 17.1 Å². The van der Waals surface area contributed by atoms with Crippen molar-refractivity contribution < 1.29 is 13.9 Å².